The highest BCUT2D eigenvalue weighted by atomic mass is 16.6. The minimum Gasteiger partial charge on any atom is -0.482 e. The zero-order chi connectivity index (χ0) is 24.0. The van der Waals surface area contributed by atoms with Gasteiger partial charge in [-0.1, -0.05) is 66.7 Å². The molecule has 0 aliphatic rings. The van der Waals surface area contributed by atoms with Crippen LogP contribution in [0.25, 0.3) is 16.9 Å². The molecule has 0 saturated heterocycles. The fourth-order valence-corrected chi connectivity index (χ4v) is 3.90. The number of benzene rings is 3. The number of hydrogen-bond donors (Lipinski definition) is 1. The van der Waals surface area contributed by atoms with Crippen molar-refractivity contribution >= 4 is 17.4 Å². The van der Waals surface area contributed by atoms with E-state index in [-0.39, 0.29) is 6.61 Å². The molecule has 174 valence electrons. The number of imidazole rings is 1. The first-order valence-corrected chi connectivity index (χ1v) is 11.4. The molecule has 0 fully saturated rings. The van der Waals surface area contributed by atoms with Gasteiger partial charge >= 0.3 is 5.97 Å². The molecule has 0 unspecified atom stereocenters. The Balaban J connectivity index is 1.46. The molecule has 0 radical (unpaired) electrons. The zero-order valence-electron chi connectivity index (χ0n) is 19.3. The van der Waals surface area contributed by atoms with E-state index in [9.17, 15) is 4.79 Å². The van der Waals surface area contributed by atoms with E-state index < -0.39 is 5.97 Å². The van der Waals surface area contributed by atoms with Crippen molar-refractivity contribution in [2.24, 2.45) is 0 Å². The molecule has 2 heterocycles. The molecule has 6 heteroatoms. The van der Waals surface area contributed by atoms with Gasteiger partial charge in [0.2, 0.25) is 0 Å². The van der Waals surface area contributed by atoms with Crippen molar-refractivity contribution < 1.29 is 14.3 Å². The Morgan fingerprint density at radius 1 is 0.886 bits per heavy atom. The third-order valence-corrected chi connectivity index (χ3v) is 5.61. The predicted molar refractivity (Wildman–Crippen MR) is 137 cm³/mol. The number of carbonyl (C=O) groups is 1. The van der Waals surface area contributed by atoms with Crippen LogP contribution in [0.15, 0.2) is 103 Å². The summed E-state index contributed by atoms with van der Waals surface area (Å²) in [6.45, 7) is 2.46. The average molecular weight is 464 g/mol. The number of nitrogens with zero attached hydrogens (tertiary/aromatic N) is 2. The smallest absolute Gasteiger partial charge is 0.349 e. The van der Waals surface area contributed by atoms with Crippen LogP contribution in [0.5, 0.6) is 11.5 Å². The molecule has 3 aromatic carbocycles. The van der Waals surface area contributed by atoms with Gasteiger partial charge in [-0.25, -0.2) is 9.78 Å². The number of fused-ring (bicyclic) bond motifs is 1. The number of ether oxygens (including phenoxy) is 2. The van der Waals surface area contributed by atoms with Crippen LogP contribution in [0.4, 0.5) is 5.82 Å². The summed E-state index contributed by atoms with van der Waals surface area (Å²) in [6.07, 6.45) is 1.98. The van der Waals surface area contributed by atoms with Crippen molar-refractivity contribution in [3.05, 3.63) is 114 Å². The normalized spacial score (nSPS) is 10.8. The molecule has 0 atom stereocenters. The van der Waals surface area contributed by atoms with Gasteiger partial charge < -0.3 is 14.8 Å². The van der Waals surface area contributed by atoms with Crippen LogP contribution < -0.4 is 14.8 Å². The highest BCUT2D eigenvalue weighted by molar-refractivity contribution is 5.83. The number of pyridine rings is 1. The fraction of sp³-hybridized carbons (Fsp3) is 0.103. The van der Waals surface area contributed by atoms with Gasteiger partial charge in [-0.05, 0) is 48.4 Å². The quantitative estimate of drug-likeness (QED) is 0.229. The van der Waals surface area contributed by atoms with Crippen LogP contribution in [0.1, 0.15) is 11.1 Å². The second-order valence-electron chi connectivity index (χ2n) is 8.10. The number of para-hydroxylation sites is 2. The van der Waals surface area contributed by atoms with E-state index in [4.69, 9.17) is 14.5 Å². The second-order valence-corrected chi connectivity index (χ2v) is 8.10. The Bertz CT molecular complexity index is 1450. The fourth-order valence-electron chi connectivity index (χ4n) is 3.90. The second kappa shape index (κ2) is 10.1. The maximum atomic E-state index is 12.6. The Labute approximate surface area is 203 Å². The molecule has 5 rings (SSSR count). The van der Waals surface area contributed by atoms with E-state index in [1.807, 2.05) is 84.3 Å². The van der Waals surface area contributed by atoms with E-state index in [2.05, 4.69) is 17.4 Å². The van der Waals surface area contributed by atoms with E-state index in [0.29, 0.717) is 23.7 Å². The van der Waals surface area contributed by atoms with Gasteiger partial charge in [0, 0.05) is 18.3 Å². The average Bonchev–Trinajstić information content (AvgIpc) is 3.27. The Morgan fingerprint density at radius 2 is 1.60 bits per heavy atom. The summed E-state index contributed by atoms with van der Waals surface area (Å²) in [5.74, 6) is 1.38. The van der Waals surface area contributed by atoms with Gasteiger partial charge in [0.25, 0.3) is 0 Å². The van der Waals surface area contributed by atoms with Crippen LogP contribution >= 0.6 is 0 Å². The molecule has 5 aromatic rings. The highest BCUT2D eigenvalue weighted by Crippen LogP contribution is 2.36. The minimum absolute atomic E-state index is 0.193. The molecule has 0 spiro atoms. The first-order valence-electron chi connectivity index (χ1n) is 11.4. The van der Waals surface area contributed by atoms with Crippen molar-refractivity contribution in [3.63, 3.8) is 0 Å². The molecule has 0 aliphatic heterocycles. The van der Waals surface area contributed by atoms with Crippen molar-refractivity contribution in [1.29, 1.82) is 0 Å². The van der Waals surface area contributed by atoms with Crippen molar-refractivity contribution in [1.82, 2.24) is 9.38 Å². The van der Waals surface area contributed by atoms with Gasteiger partial charge in [-0.2, -0.15) is 0 Å². The first-order chi connectivity index (χ1) is 17.2. The van der Waals surface area contributed by atoms with Crippen molar-refractivity contribution in [3.8, 4) is 22.8 Å². The number of anilines is 1. The standard InChI is InChI=1S/C29H25N3O3/c1-21-11-10-18-32-28(21)31-27(29(32)30-19-22-12-4-2-5-13-22)24-16-8-9-17-25(24)35-26(33)20-34-23-14-6-3-7-15-23/h2-18,30H,19-20H2,1H3. The summed E-state index contributed by atoms with van der Waals surface area (Å²) in [5, 5.41) is 3.54. The molecule has 1 N–H and O–H groups in total. The molecule has 0 amide bonds. The molecule has 0 bridgehead atoms. The van der Waals surface area contributed by atoms with Crippen LogP contribution in [0, 0.1) is 6.92 Å². The molecule has 35 heavy (non-hydrogen) atoms. The summed E-state index contributed by atoms with van der Waals surface area (Å²) in [6, 6.07) is 30.8. The topological polar surface area (TPSA) is 64.9 Å². The molecule has 6 nitrogen and oxygen atoms in total. The lowest BCUT2D eigenvalue weighted by Crippen LogP contribution is -2.18. The Morgan fingerprint density at radius 3 is 2.40 bits per heavy atom. The van der Waals surface area contributed by atoms with E-state index in [1.165, 1.54) is 0 Å². The number of rotatable bonds is 8. The molecule has 0 saturated carbocycles. The Hall–Kier alpha value is -4.58. The number of hydrogen-bond acceptors (Lipinski definition) is 5. The lowest BCUT2D eigenvalue weighted by atomic mass is 10.1. The van der Waals surface area contributed by atoms with Gasteiger partial charge in [-0.15, -0.1) is 0 Å². The SMILES string of the molecule is Cc1cccn2c(NCc3ccccc3)c(-c3ccccc3OC(=O)COc3ccccc3)nc12. The molecule has 0 aliphatic carbocycles. The highest BCUT2D eigenvalue weighted by Gasteiger charge is 2.20. The maximum absolute atomic E-state index is 12.6. The molecular formula is C29H25N3O3. The summed E-state index contributed by atoms with van der Waals surface area (Å²) < 4.78 is 13.3. The van der Waals surface area contributed by atoms with Gasteiger partial charge in [-0.3, -0.25) is 4.40 Å². The minimum atomic E-state index is -0.486. The number of carbonyl (C=O) groups excluding carboxylic acids is 1. The maximum Gasteiger partial charge on any atom is 0.349 e. The summed E-state index contributed by atoms with van der Waals surface area (Å²) in [5.41, 5.74) is 4.47. The zero-order valence-corrected chi connectivity index (χ0v) is 19.3. The van der Waals surface area contributed by atoms with Crippen molar-refractivity contribution in [2.45, 2.75) is 13.5 Å². The number of nitrogens with one attached hydrogen (secondary N) is 1. The van der Waals surface area contributed by atoms with E-state index >= 15 is 0 Å². The summed E-state index contributed by atoms with van der Waals surface area (Å²) in [7, 11) is 0. The number of aromatic nitrogens is 2. The third-order valence-electron chi connectivity index (χ3n) is 5.61. The van der Waals surface area contributed by atoms with Crippen molar-refractivity contribution in [2.75, 3.05) is 11.9 Å². The third kappa shape index (κ3) is 5.01. The van der Waals surface area contributed by atoms with Gasteiger partial charge in [0.05, 0.1) is 0 Å². The largest absolute Gasteiger partial charge is 0.482 e. The lowest BCUT2D eigenvalue weighted by Gasteiger charge is -2.12. The monoisotopic (exact) mass is 463 g/mol. The molecular weight excluding hydrogens is 438 g/mol. The number of esters is 1. The first kappa shape index (κ1) is 22.2. The lowest BCUT2D eigenvalue weighted by molar-refractivity contribution is -0.136. The van der Waals surface area contributed by atoms with Crippen LogP contribution in [0.3, 0.4) is 0 Å². The summed E-state index contributed by atoms with van der Waals surface area (Å²) >= 11 is 0. The number of aryl methyl sites for hydroxylation is 1. The Kier molecular flexibility index (Phi) is 6.44. The van der Waals surface area contributed by atoms with E-state index in [1.54, 1.807) is 18.2 Å². The van der Waals surface area contributed by atoms with Gasteiger partial charge in [0.1, 0.15) is 28.7 Å². The van der Waals surface area contributed by atoms with Crippen LogP contribution in [-0.4, -0.2) is 22.0 Å². The van der Waals surface area contributed by atoms with Crippen LogP contribution in [-0.2, 0) is 11.3 Å². The van der Waals surface area contributed by atoms with E-state index in [0.717, 1.165) is 28.2 Å². The van der Waals surface area contributed by atoms with Crippen LogP contribution in [0.2, 0.25) is 0 Å². The predicted octanol–water partition coefficient (Wildman–Crippen LogP) is 5.91. The summed E-state index contributed by atoms with van der Waals surface area (Å²) in [4.78, 5) is 17.5. The van der Waals surface area contributed by atoms with Gasteiger partial charge in [0.15, 0.2) is 6.61 Å². The molecule has 2 aromatic heterocycles.